The number of amides is 2. The highest BCUT2D eigenvalue weighted by molar-refractivity contribution is 6.12. The van der Waals surface area contributed by atoms with Crippen LogP contribution < -0.4 is 15.6 Å². The topological polar surface area (TPSA) is 123 Å². The number of aryl methyl sites for hydroxylation is 1. The molecule has 1 aliphatic heterocycles. The van der Waals surface area contributed by atoms with Crippen LogP contribution >= 0.6 is 0 Å². The van der Waals surface area contributed by atoms with E-state index in [0.717, 1.165) is 5.39 Å². The molecule has 2 aromatic heterocycles. The van der Waals surface area contributed by atoms with Gasteiger partial charge in [0.05, 0.1) is 24.7 Å². The number of benzene rings is 1. The highest BCUT2D eigenvalue weighted by atomic mass is 16.5. The Morgan fingerprint density at radius 3 is 2.38 bits per heavy atom. The third kappa shape index (κ3) is 4.73. The van der Waals surface area contributed by atoms with Gasteiger partial charge in [-0.2, -0.15) is 0 Å². The van der Waals surface area contributed by atoms with Gasteiger partial charge in [-0.15, -0.1) is 0 Å². The van der Waals surface area contributed by atoms with Crippen LogP contribution in [0.3, 0.4) is 0 Å². The van der Waals surface area contributed by atoms with Crippen molar-refractivity contribution in [3.05, 3.63) is 40.3 Å². The second-order valence-electron chi connectivity index (χ2n) is 10.5. The molecule has 198 valence electrons. The maximum Gasteiger partial charge on any atom is 0.272 e. The first-order valence-corrected chi connectivity index (χ1v) is 12.4. The Balaban J connectivity index is 1.79. The molecule has 3 heterocycles. The number of carbonyl (C=O) groups is 3. The lowest BCUT2D eigenvalue weighted by molar-refractivity contribution is -0.135. The maximum absolute atomic E-state index is 13.8. The monoisotopic (exact) mass is 510 g/mol. The minimum absolute atomic E-state index is 0.0852. The van der Waals surface area contributed by atoms with Crippen LogP contribution in [0.1, 0.15) is 44.1 Å². The van der Waals surface area contributed by atoms with Gasteiger partial charge in [-0.05, 0) is 18.9 Å². The number of hydrogen-bond donors (Lipinski definition) is 2. The molecule has 0 saturated carbocycles. The average Bonchev–Trinajstić information content (AvgIpc) is 3.18. The quantitative estimate of drug-likeness (QED) is 0.522. The Kier molecular flexibility index (Phi) is 7.14. The van der Waals surface area contributed by atoms with E-state index in [1.807, 2.05) is 39.0 Å². The molecule has 10 nitrogen and oxygen atoms in total. The Labute approximate surface area is 214 Å². The first-order valence-electron chi connectivity index (χ1n) is 12.4. The van der Waals surface area contributed by atoms with E-state index in [1.165, 1.54) is 11.7 Å². The van der Waals surface area contributed by atoms with E-state index in [4.69, 9.17) is 9.84 Å². The van der Waals surface area contributed by atoms with Gasteiger partial charge < -0.3 is 29.2 Å². The molecule has 0 aliphatic carbocycles. The highest BCUT2D eigenvalue weighted by Gasteiger charge is 2.31. The van der Waals surface area contributed by atoms with Crippen molar-refractivity contribution in [2.75, 3.05) is 26.8 Å². The number of hydrogen-bond acceptors (Lipinski definition) is 6. The summed E-state index contributed by atoms with van der Waals surface area (Å²) in [5, 5.41) is 13.1. The number of likely N-dealkylation sites (tertiary alicyclic amines) is 1. The fourth-order valence-corrected chi connectivity index (χ4v) is 4.94. The second-order valence-corrected chi connectivity index (χ2v) is 10.5. The molecular weight excluding hydrogens is 476 g/mol. The van der Waals surface area contributed by atoms with Crippen LogP contribution in [0, 0.1) is 5.41 Å². The van der Waals surface area contributed by atoms with E-state index in [9.17, 15) is 19.2 Å². The molecule has 0 unspecified atom stereocenters. The summed E-state index contributed by atoms with van der Waals surface area (Å²) in [4.78, 5) is 53.6. The second kappa shape index (κ2) is 10.0. The zero-order valence-corrected chi connectivity index (χ0v) is 22.0. The lowest BCUT2D eigenvalue weighted by Gasteiger charge is -2.32. The maximum atomic E-state index is 13.8. The fourth-order valence-electron chi connectivity index (χ4n) is 4.94. The molecule has 2 N–H and O–H groups in total. The largest absolute Gasteiger partial charge is 0.493 e. The van der Waals surface area contributed by atoms with Gasteiger partial charge in [-0.3, -0.25) is 19.2 Å². The van der Waals surface area contributed by atoms with Crippen molar-refractivity contribution in [2.24, 2.45) is 12.5 Å². The zero-order valence-electron chi connectivity index (χ0n) is 22.0. The van der Waals surface area contributed by atoms with Crippen LogP contribution in [0.15, 0.2) is 29.1 Å². The van der Waals surface area contributed by atoms with Gasteiger partial charge in [0.2, 0.25) is 5.91 Å². The number of nitrogens with one attached hydrogen (secondary N) is 1. The van der Waals surface area contributed by atoms with E-state index in [1.54, 1.807) is 22.6 Å². The van der Waals surface area contributed by atoms with E-state index in [-0.39, 0.29) is 47.0 Å². The van der Waals surface area contributed by atoms with Crippen LogP contribution in [0.25, 0.3) is 21.8 Å². The number of methoxy groups -OCH3 is 1. The molecule has 4 rings (SSSR count). The standard InChI is InChI=1S/C27H34N4O6/c1-27(2,3)19(33)14-31-18-9-7-6-8-17(18)22-21(26(31)36)24(37-5)23(29(22)4)25(35)28-16-10-12-30(13-11-16)20(34)15-32/h6-9,16,32H,10-15H2,1-5H3,(H,28,35). The van der Waals surface area contributed by atoms with Gasteiger partial charge in [0.15, 0.2) is 17.2 Å². The molecule has 1 aromatic carbocycles. The zero-order chi connectivity index (χ0) is 27.1. The van der Waals surface area contributed by atoms with Gasteiger partial charge in [0.25, 0.3) is 11.5 Å². The van der Waals surface area contributed by atoms with Gasteiger partial charge in [-0.25, -0.2) is 0 Å². The summed E-state index contributed by atoms with van der Waals surface area (Å²) in [6, 6.07) is 7.16. The molecule has 1 saturated heterocycles. The number of piperidine rings is 1. The number of rotatable bonds is 6. The third-order valence-corrected chi connectivity index (χ3v) is 7.13. The number of aliphatic hydroxyl groups is 1. The van der Waals surface area contributed by atoms with E-state index >= 15 is 0 Å². The number of ketones is 1. The van der Waals surface area contributed by atoms with Crippen LogP contribution in [0.4, 0.5) is 0 Å². The van der Waals surface area contributed by atoms with E-state index < -0.39 is 17.6 Å². The number of carbonyl (C=O) groups excluding carboxylic acids is 3. The fraction of sp³-hybridized carbons (Fsp3) is 0.481. The van der Waals surface area contributed by atoms with Gasteiger partial charge in [0.1, 0.15) is 12.0 Å². The molecule has 2 amide bonds. The van der Waals surface area contributed by atoms with Crippen molar-refractivity contribution in [3.8, 4) is 5.75 Å². The summed E-state index contributed by atoms with van der Waals surface area (Å²) >= 11 is 0. The number of pyridine rings is 1. The Morgan fingerprint density at radius 2 is 1.78 bits per heavy atom. The molecule has 0 spiro atoms. The molecule has 0 atom stereocenters. The minimum atomic E-state index is -0.626. The lowest BCUT2D eigenvalue weighted by atomic mass is 9.90. The summed E-state index contributed by atoms with van der Waals surface area (Å²) in [5.74, 6) is -0.634. The SMILES string of the molecule is COc1c(C(=O)NC2CCN(C(=O)CO)CC2)n(C)c2c1c(=O)n(CC(=O)C(C)(C)C)c1ccccc21. The first-order chi connectivity index (χ1) is 17.5. The number of aromatic nitrogens is 2. The summed E-state index contributed by atoms with van der Waals surface area (Å²) in [6.45, 7) is 5.70. The lowest BCUT2D eigenvalue weighted by Crippen LogP contribution is -2.47. The highest BCUT2D eigenvalue weighted by Crippen LogP contribution is 2.35. The molecule has 3 aromatic rings. The summed E-state index contributed by atoms with van der Waals surface area (Å²) in [7, 11) is 3.14. The summed E-state index contributed by atoms with van der Waals surface area (Å²) in [6.07, 6.45) is 1.10. The molecule has 10 heteroatoms. The Hall–Kier alpha value is -3.66. The predicted molar refractivity (Wildman–Crippen MR) is 140 cm³/mol. The van der Waals surface area contributed by atoms with E-state index in [0.29, 0.717) is 37.0 Å². The summed E-state index contributed by atoms with van der Waals surface area (Å²) in [5.41, 5.74) is 0.361. The first kappa shape index (κ1) is 26.4. The van der Waals surface area contributed by atoms with Crippen molar-refractivity contribution in [1.82, 2.24) is 19.4 Å². The van der Waals surface area contributed by atoms with Crippen molar-refractivity contribution < 1.29 is 24.2 Å². The van der Waals surface area contributed by atoms with Gasteiger partial charge in [0, 0.05) is 37.0 Å². The molecule has 1 aliphatic rings. The Bertz CT molecular complexity index is 1440. The molecule has 1 fully saturated rings. The molecule has 37 heavy (non-hydrogen) atoms. The molecule has 0 radical (unpaired) electrons. The smallest absolute Gasteiger partial charge is 0.272 e. The van der Waals surface area contributed by atoms with Gasteiger partial charge in [-0.1, -0.05) is 39.0 Å². The number of aliphatic hydroxyl groups excluding tert-OH is 1. The normalized spacial score (nSPS) is 14.8. The van der Waals surface area contributed by atoms with Gasteiger partial charge >= 0.3 is 0 Å². The van der Waals surface area contributed by atoms with Crippen molar-refractivity contribution in [3.63, 3.8) is 0 Å². The van der Waals surface area contributed by atoms with Crippen LogP contribution in [-0.2, 0) is 23.2 Å². The molecular formula is C27H34N4O6. The number of para-hydroxylation sites is 1. The minimum Gasteiger partial charge on any atom is -0.493 e. The Morgan fingerprint density at radius 1 is 1.14 bits per heavy atom. The van der Waals surface area contributed by atoms with Crippen LogP contribution in [0.5, 0.6) is 5.75 Å². The molecule has 0 bridgehead atoms. The predicted octanol–water partition coefficient (Wildman–Crippen LogP) is 1.83. The third-order valence-electron chi connectivity index (χ3n) is 7.13. The van der Waals surface area contributed by atoms with Crippen LogP contribution in [-0.4, -0.2) is 69.6 Å². The van der Waals surface area contributed by atoms with Crippen molar-refractivity contribution in [1.29, 1.82) is 0 Å². The average molecular weight is 511 g/mol. The number of Topliss-reactive ketones (excluding diaryl/α,β-unsaturated/α-hetero) is 1. The van der Waals surface area contributed by atoms with E-state index in [2.05, 4.69) is 5.32 Å². The number of fused-ring (bicyclic) bond motifs is 3. The number of ether oxygens (including phenoxy) is 1. The van der Waals surface area contributed by atoms with Crippen molar-refractivity contribution >= 4 is 39.4 Å². The van der Waals surface area contributed by atoms with Crippen molar-refractivity contribution in [2.45, 2.75) is 46.2 Å². The van der Waals surface area contributed by atoms with Crippen LogP contribution in [0.2, 0.25) is 0 Å². The number of nitrogens with zero attached hydrogens (tertiary/aromatic N) is 3. The summed E-state index contributed by atoms with van der Waals surface area (Å²) < 4.78 is 8.79.